The van der Waals surface area contributed by atoms with Gasteiger partial charge in [0.1, 0.15) is 0 Å². The number of esters is 1. The van der Waals surface area contributed by atoms with Gasteiger partial charge in [0, 0.05) is 12.8 Å². The maximum Gasteiger partial charge on any atom is 0.305 e. The number of aliphatic hydroxyl groups is 2. The van der Waals surface area contributed by atoms with Crippen LogP contribution in [-0.4, -0.2) is 47.4 Å². The monoisotopic (exact) mass is 778 g/mol. The lowest BCUT2D eigenvalue weighted by molar-refractivity contribution is -0.143. The highest BCUT2D eigenvalue weighted by Crippen LogP contribution is 2.16. The molecule has 0 bridgehead atoms. The summed E-state index contributed by atoms with van der Waals surface area (Å²) in [6.45, 7) is 4.86. The Bertz CT molecular complexity index is 817. The van der Waals surface area contributed by atoms with E-state index in [4.69, 9.17) is 4.74 Å². The molecule has 6 nitrogen and oxygen atoms in total. The molecule has 1 amide bonds. The first kappa shape index (κ1) is 53.6. The number of rotatable bonds is 45. The van der Waals surface area contributed by atoms with Crippen LogP contribution in [0.4, 0.5) is 0 Å². The Kier molecular flexibility index (Phi) is 44.2. The molecule has 55 heavy (non-hydrogen) atoms. The highest BCUT2D eigenvalue weighted by atomic mass is 16.5. The van der Waals surface area contributed by atoms with Gasteiger partial charge in [-0.15, -0.1) is 0 Å². The van der Waals surface area contributed by atoms with E-state index in [2.05, 4.69) is 19.2 Å². The second-order valence-corrected chi connectivity index (χ2v) is 16.8. The first-order valence-electron chi connectivity index (χ1n) is 24.5. The van der Waals surface area contributed by atoms with Crippen molar-refractivity contribution in [3.8, 4) is 0 Å². The number of nitrogens with one attached hydrogen (secondary N) is 1. The molecule has 0 heterocycles. The van der Waals surface area contributed by atoms with Gasteiger partial charge >= 0.3 is 5.97 Å². The van der Waals surface area contributed by atoms with Crippen LogP contribution in [0.2, 0.25) is 0 Å². The van der Waals surface area contributed by atoms with Crippen molar-refractivity contribution in [3.05, 3.63) is 12.2 Å². The fourth-order valence-corrected chi connectivity index (χ4v) is 7.51. The van der Waals surface area contributed by atoms with E-state index in [-0.39, 0.29) is 18.5 Å². The lowest BCUT2D eigenvalue weighted by atomic mass is 10.0. The molecule has 0 saturated heterocycles. The number of hydrogen-bond acceptors (Lipinski definition) is 5. The van der Waals surface area contributed by atoms with Crippen LogP contribution in [0.3, 0.4) is 0 Å². The second-order valence-electron chi connectivity index (χ2n) is 16.8. The number of carbonyl (C=O) groups is 2. The van der Waals surface area contributed by atoms with Crippen molar-refractivity contribution < 1.29 is 24.5 Å². The normalized spacial score (nSPS) is 12.7. The molecular formula is C49H95NO5. The number of ether oxygens (including phenoxy) is 1. The van der Waals surface area contributed by atoms with Crippen LogP contribution in [0.25, 0.3) is 0 Å². The third-order valence-corrected chi connectivity index (χ3v) is 11.3. The van der Waals surface area contributed by atoms with Crippen molar-refractivity contribution in [2.45, 2.75) is 276 Å². The van der Waals surface area contributed by atoms with E-state index in [1.807, 2.05) is 6.08 Å². The van der Waals surface area contributed by atoms with E-state index in [0.29, 0.717) is 19.4 Å². The SMILES string of the molecule is CCCCCCCCCC/C=C/C(O)C(CO)NC(=O)CCCCCCCCCCCCCCCOC(=O)CCCCCCCCCCCCCCCCC. The molecule has 0 aromatic heterocycles. The number of hydrogen-bond donors (Lipinski definition) is 3. The number of unbranched alkanes of at least 4 members (excludes halogenated alkanes) is 34. The molecule has 0 aromatic rings. The minimum absolute atomic E-state index is 0.00444. The zero-order chi connectivity index (χ0) is 40.1. The minimum atomic E-state index is -0.849. The van der Waals surface area contributed by atoms with Crippen LogP contribution >= 0.6 is 0 Å². The van der Waals surface area contributed by atoms with Crippen LogP contribution in [0.15, 0.2) is 12.2 Å². The van der Waals surface area contributed by atoms with Crippen LogP contribution in [0, 0.1) is 0 Å². The van der Waals surface area contributed by atoms with Gasteiger partial charge in [-0.1, -0.05) is 231 Å². The topological polar surface area (TPSA) is 95.9 Å². The summed E-state index contributed by atoms with van der Waals surface area (Å²) in [5.41, 5.74) is 0. The van der Waals surface area contributed by atoms with Gasteiger partial charge in [-0.2, -0.15) is 0 Å². The third kappa shape index (κ3) is 42.0. The van der Waals surface area contributed by atoms with E-state index >= 15 is 0 Å². The fraction of sp³-hybridized carbons (Fsp3) is 0.918. The molecular weight excluding hydrogens is 683 g/mol. The Morgan fingerprint density at radius 3 is 1.24 bits per heavy atom. The Hall–Kier alpha value is -1.40. The van der Waals surface area contributed by atoms with E-state index < -0.39 is 12.1 Å². The van der Waals surface area contributed by atoms with E-state index in [1.165, 1.54) is 180 Å². The number of carbonyl (C=O) groups excluding carboxylic acids is 2. The summed E-state index contributed by atoms with van der Waals surface area (Å²) in [7, 11) is 0. The molecule has 0 aliphatic carbocycles. The maximum atomic E-state index is 12.4. The van der Waals surface area contributed by atoms with Gasteiger partial charge in [0.05, 0.1) is 25.4 Å². The molecule has 2 unspecified atom stereocenters. The first-order valence-corrected chi connectivity index (χ1v) is 24.5. The predicted octanol–water partition coefficient (Wildman–Crippen LogP) is 14.2. The smallest absolute Gasteiger partial charge is 0.305 e. The van der Waals surface area contributed by atoms with Gasteiger partial charge in [-0.25, -0.2) is 0 Å². The summed E-state index contributed by atoms with van der Waals surface area (Å²) in [6, 6.07) is -0.634. The molecule has 0 aliphatic heterocycles. The molecule has 2 atom stereocenters. The number of aliphatic hydroxyl groups excluding tert-OH is 2. The van der Waals surface area contributed by atoms with E-state index in [1.54, 1.807) is 6.08 Å². The zero-order valence-corrected chi connectivity index (χ0v) is 36.9. The van der Waals surface area contributed by atoms with Gasteiger partial charge in [0.25, 0.3) is 0 Å². The summed E-state index contributed by atoms with van der Waals surface area (Å²) in [4.78, 5) is 24.4. The Morgan fingerprint density at radius 2 is 0.836 bits per heavy atom. The average Bonchev–Trinajstić information content (AvgIpc) is 3.18. The van der Waals surface area contributed by atoms with Crippen molar-refractivity contribution in [2.24, 2.45) is 0 Å². The largest absolute Gasteiger partial charge is 0.466 e. The second kappa shape index (κ2) is 45.3. The van der Waals surface area contributed by atoms with Crippen LogP contribution in [0.5, 0.6) is 0 Å². The van der Waals surface area contributed by atoms with Gasteiger partial charge in [0.2, 0.25) is 5.91 Å². The first-order chi connectivity index (χ1) is 27.0. The number of allylic oxidation sites excluding steroid dienone is 1. The zero-order valence-electron chi connectivity index (χ0n) is 36.9. The molecule has 3 N–H and O–H groups in total. The minimum Gasteiger partial charge on any atom is -0.466 e. The highest BCUT2D eigenvalue weighted by molar-refractivity contribution is 5.76. The van der Waals surface area contributed by atoms with Gasteiger partial charge in [-0.3, -0.25) is 9.59 Å². The molecule has 0 radical (unpaired) electrons. The molecule has 0 aromatic carbocycles. The molecule has 6 heteroatoms. The molecule has 0 fully saturated rings. The van der Waals surface area contributed by atoms with Crippen LogP contribution in [0.1, 0.15) is 264 Å². The van der Waals surface area contributed by atoms with Gasteiger partial charge < -0.3 is 20.3 Å². The van der Waals surface area contributed by atoms with Gasteiger partial charge in [-0.05, 0) is 32.1 Å². The van der Waals surface area contributed by atoms with Crippen molar-refractivity contribution in [1.82, 2.24) is 5.32 Å². The summed E-state index contributed by atoms with van der Waals surface area (Å²) in [5, 5.41) is 22.9. The summed E-state index contributed by atoms with van der Waals surface area (Å²) < 4.78 is 5.46. The van der Waals surface area contributed by atoms with Gasteiger partial charge in [0.15, 0.2) is 0 Å². The van der Waals surface area contributed by atoms with Crippen LogP contribution in [-0.2, 0) is 14.3 Å². The Balaban J connectivity index is 3.44. The molecule has 326 valence electrons. The lowest BCUT2D eigenvalue weighted by Gasteiger charge is -2.20. The predicted molar refractivity (Wildman–Crippen MR) is 237 cm³/mol. The summed E-state index contributed by atoms with van der Waals surface area (Å²) in [6.07, 6.45) is 50.6. The van der Waals surface area contributed by atoms with Crippen molar-refractivity contribution >= 4 is 11.9 Å². The standard InChI is InChI=1S/C49H95NO5/c1-3-5-7-9-11-13-15-16-17-20-23-27-31-35-39-43-49(54)55-44-40-36-32-28-24-21-18-19-22-26-30-34-38-42-48(53)50-46(45-51)47(52)41-37-33-29-25-14-12-10-8-6-4-2/h37,41,46-47,51-52H,3-36,38-40,42-45H2,1-2H3,(H,50,53)/b41-37+. The van der Waals surface area contributed by atoms with Crippen molar-refractivity contribution in [1.29, 1.82) is 0 Å². The average molecular weight is 778 g/mol. The van der Waals surface area contributed by atoms with E-state index in [0.717, 1.165) is 57.8 Å². The van der Waals surface area contributed by atoms with Crippen molar-refractivity contribution in [3.63, 3.8) is 0 Å². The maximum absolute atomic E-state index is 12.4. The summed E-state index contributed by atoms with van der Waals surface area (Å²) >= 11 is 0. The molecule has 0 rings (SSSR count). The molecule has 0 aliphatic rings. The van der Waals surface area contributed by atoms with Crippen LogP contribution < -0.4 is 5.32 Å². The molecule has 0 saturated carbocycles. The Morgan fingerprint density at radius 1 is 0.491 bits per heavy atom. The summed E-state index contributed by atoms with van der Waals surface area (Å²) in [5.74, 6) is -0.0867. The van der Waals surface area contributed by atoms with E-state index in [9.17, 15) is 19.8 Å². The fourth-order valence-electron chi connectivity index (χ4n) is 7.51. The third-order valence-electron chi connectivity index (χ3n) is 11.3. The quantitative estimate of drug-likeness (QED) is 0.0325. The number of amides is 1. The highest BCUT2D eigenvalue weighted by Gasteiger charge is 2.18. The molecule has 0 spiro atoms. The lowest BCUT2D eigenvalue weighted by Crippen LogP contribution is -2.45. The Labute approximate surface area is 342 Å². The van der Waals surface area contributed by atoms with Crippen molar-refractivity contribution in [2.75, 3.05) is 13.2 Å².